The van der Waals surface area contributed by atoms with Gasteiger partial charge in [-0.3, -0.25) is 4.79 Å². The highest BCUT2D eigenvalue weighted by atomic mass is 35.5. The molecule has 0 spiro atoms. The van der Waals surface area contributed by atoms with Gasteiger partial charge in [0.05, 0.1) is 10.9 Å². The Labute approximate surface area is 114 Å². The number of carbonyl (C=O) groups is 1. The van der Waals surface area contributed by atoms with Gasteiger partial charge in [-0.05, 0) is 17.7 Å². The van der Waals surface area contributed by atoms with Crippen molar-refractivity contribution in [1.29, 1.82) is 0 Å². The summed E-state index contributed by atoms with van der Waals surface area (Å²) < 4.78 is 0.683. The predicted molar refractivity (Wildman–Crippen MR) is 72.6 cm³/mol. The van der Waals surface area contributed by atoms with E-state index in [1.165, 1.54) is 11.3 Å². The SMILES string of the molecule is O=C(NCc1ccc(Cl)s1)[C@H](O)c1ccccc1. The van der Waals surface area contributed by atoms with E-state index in [0.29, 0.717) is 16.4 Å². The zero-order valence-electron chi connectivity index (χ0n) is 9.47. The van der Waals surface area contributed by atoms with E-state index in [9.17, 15) is 9.90 Å². The number of thiophene rings is 1. The first-order chi connectivity index (χ1) is 8.66. The van der Waals surface area contributed by atoms with Crippen molar-refractivity contribution in [3.8, 4) is 0 Å². The van der Waals surface area contributed by atoms with Crippen molar-refractivity contribution in [3.63, 3.8) is 0 Å². The molecule has 1 amide bonds. The summed E-state index contributed by atoms with van der Waals surface area (Å²) in [5.74, 6) is -0.411. The lowest BCUT2D eigenvalue weighted by molar-refractivity contribution is -0.129. The Morgan fingerprint density at radius 1 is 1.28 bits per heavy atom. The zero-order chi connectivity index (χ0) is 13.0. The first-order valence-corrected chi connectivity index (χ1v) is 6.61. The fourth-order valence-electron chi connectivity index (χ4n) is 1.50. The molecule has 3 nitrogen and oxygen atoms in total. The maximum absolute atomic E-state index is 11.7. The highest BCUT2D eigenvalue weighted by Gasteiger charge is 2.16. The van der Waals surface area contributed by atoms with Gasteiger partial charge in [-0.25, -0.2) is 0 Å². The minimum atomic E-state index is -1.14. The Bertz CT molecular complexity index is 527. The molecule has 2 aromatic rings. The third-order valence-electron chi connectivity index (χ3n) is 2.43. The Morgan fingerprint density at radius 2 is 2.00 bits per heavy atom. The summed E-state index contributed by atoms with van der Waals surface area (Å²) >= 11 is 7.20. The molecular weight excluding hydrogens is 270 g/mol. The van der Waals surface area contributed by atoms with E-state index in [0.717, 1.165) is 4.88 Å². The fraction of sp³-hybridized carbons (Fsp3) is 0.154. The lowest BCUT2D eigenvalue weighted by Gasteiger charge is -2.10. The van der Waals surface area contributed by atoms with Crippen molar-refractivity contribution in [3.05, 3.63) is 57.2 Å². The van der Waals surface area contributed by atoms with Crippen LogP contribution in [0.1, 0.15) is 16.5 Å². The van der Waals surface area contributed by atoms with Crippen LogP contribution in [0.25, 0.3) is 0 Å². The van der Waals surface area contributed by atoms with Gasteiger partial charge in [0.15, 0.2) is 6.10 Å². The van der Waals surface area contributed by atoms with E-state index < -0.39 is 12.0 Å². The molecule has 1 heterocycles. The summed E-state index contributed by atoms with van der Waals surface area (Å²) in [6.07, 6.45) is -1.14. The zero-order valence-corrected chi connectivity index (χ0v) is 11.0. The van der Waals surface area contributed by atoms with Crippen molar-refractivity contribution >= 4 is 28.8 Å². The molecule has 0 unspecified atom stereocenters. The van der Waals surface area contributed by atoms with Crippen molar-refractivity contribution in [2.24, 2.45) is 0 Å². The van der Waals surface area contributed by atoms with Crippen LogP contribution in [0.2, 0.25) is 4.34 Å². The lowest BCUT2D eigenvalue weighted by Crippen LogP contribution is -2.28. The molecule has 2 rings (SSSR count). The minimum Gasteiger partial charge on any atom is -0.378 e. The van der Waals surface area contributed by atoms with Crippen LogP contribution in [0.5, 0.6) is 0 Å². The van der Waals surface area contributed by atoms with Crippen LogP contribution in [0.3, 0.4) is 0 Å². The molecule has 1 atom stereocenters. The van der Waals surface area contributed by atoms with Crippen molar-refractivity contribution in [1.82, 2.24) is 5.32 Å². The number of halogens is 1. The smallest absolute Gasteiger partial charge is 0.253 e. The van der Waals surface area contributed by atoms with Gasteiger partial charge in [0.2, 0.25) is 0 Å². The van der Waals surface area contributed by atoms with Crippen LogP contribution in [0, 0.1) is 0 Å². The van der Waals surface area contributed by atoms with Crippen molar-refractivity contribution < 1.29 is 9.90 Å². The van der Waals surface area contributed by atoms with Gasteiger partial charge >= 0.3 is 0 Å². The standard InChI is InChI=1S/C13H12ClNO2S/c14-11-7-6-10(18-11)8-15-13(17)12(16)9-4-2-1-3-5-9/h1-7,12,16H,8H2,(H,15,17)/t12-/m1/s1. The third-order valence-corrected chi connectivity index (χ3v) is 3.66. The molecule has 18 heavy (non-hydrogen) atoms. The summed E-state index contributed by atoms with van der Waals surface area (Å²) in [6, 6.07) is 12.5. The highest BCUT2D eigenvalue weighted by molar-refractivity contribution is 7.16. The topological polar surface area (TPSA) is 49.3 Å². The van der Waals surface area contributed by atoms with Crippen molar-refractivity contribution in [2.45, 2.75) is 12.6 Å². The molecule has 1 aromatic heterocycles. The molecule has 2 N–H and O–H groups in total. The number of rotatable bonds is 4. The quantitative estimate of drug-likeness (QED) is 0.905. The predicted octanol–water partition coefficient (Wildman–Crippen LogP) is 2.75. The van der Waals surface area contributed by atoms with E-state index >= 15 is 0 Å². The number of amides is 1. The summed E-state index contributed by atoms with van der Waals surface area (Å²) in [5, 5.41) is 12.5. The van der Waals surface area contributed by atoms with Gasteiger partial charge in [0, 0.05) is 4.88 Å². The summed E-state index contributed by atoms with van der Waals surface area (Å²) in [4.78, 5) is 12.7. The van der Waals surface area contributed by atoms with Crippen LogP contribution >= 0.6 is 22.9 Å². The highest BCUT2D eigenvalue weighted by Crippen LogP contribution is 2.21. The number of hydrogen-bond acceptors (Lipinski definition) is 3. The van der Waals surface area contributed by atoms with Gasteiger partial charge in [0.25, 0.3) is 5.91 Å². The molecule has 5 heteroatoms. The average Bonchev–Trinajstić information content (AvgIpc) is 2.82. The number of carbonyl (C=O) groups excluding carboxylic acids is 1. The molecule has 94 valence electrons. The Hall–Kier alpha value is -1.36. The van der Waals surface area contributed by atoms with Gasteiger partial charge in [0.1, 0.15) is 0 Å². The Kier molecular flexibility index (Phi) is 4.36. The monoisotopic (exact) mass is 281 g/mol. The summed E-state index contributed by atoms with van der Waals surface area (Å²) in [6.45, 7) is 0.375. The first-order valence-electron chi connectivity index (χ1n) is 5.42. The number of aliphatic hydroxyl groups is 1. The second kappa shape index (κ2) is 6.00. The van der Waals surface area contributed by atoms with E-state index in [2.05, 4.69) is 5.32 Å². The summed E-state index contributed by atoms with van der Waals surface area (Å²) in [5.41, 5.74) is 0.583. The maximum atomic E-state index is 11.7. The molecule has 0 saturated heterocycles. The van der Waals surface area contributed by atoms with Gasteiger partial charge < -0.3 is 10.4 Å². The fourth-order valence-corrected chi connectivity index (χ4v) is 2.53. The van der Waals surface area contributed by atoms with Gasteiger partial charge in [-0.15, -0.1) is 11.3 Å². The van der Waals surface area contributed by atoms with Crippen LogP contribution in [0.15, 0.2) is 42.5 Å². The normalized spacial score (nSPS) is 12.1. The average molecular weight is 282 g/mol. The van der Waals surface area contributed by atoms with E-state index in [1.807, 2.05) is 12.1 Å². The van der Waals surface area contributed by atoms with E-state index in [-0.39, 0.29) is 0 Å². The summed E-state index contributed by atoms with van der Waals surface area (Å²) in [7, 11) is 0. The first kappa shape index (κ1) is 13.1. The maximum Gasteiger partial charge on any atom is 0.253 e. The van der Waals surface area contributed by atoms with Crippen molar-refractivity contribution in [2.75, 3.05) is 0 Å². The Morgan fingerprint density at radius 3 is 2.61 bits per heavy atom. The number of hydrogen-bond donors (Lipinski definition) is 2. The molecule has 0 saturated carbocycles. The molecule has 0 aliphatic rings. The molecule has 1 aromatic carbocycles. The molecule has 0 aliphatic heterocycles. The second-order valence-electron chi connectivity index (χ2n) is 3.74. The van der Waals surface area contributed by atoms with Crippen LogP contribution in [-0.2, 0) is 11.3 Å². The lowest BCUT2D eigenvalue weighted by atomic mass is 10.1. The van der Waals surface area contributed by atoms with Gasteiger partial charge in [-0.2, -0.15) is 0 Å². The number of benzene rings is 1. The Balaban J connectivity index is 1.92. The molecule has 0 fully saturated rings. The third kappa shape index (κ3) is 3.32. The second-order valence-corrected chi connectivity index (χ2v) is 5.54. The van der Waals surface area contributed by atoms with Gasteiger partial charge in [-0.1, -0.05) is 41.9 Å². The largest absolute Gasteiger partial charge is 0.378 e. The van der Waals surface area contributed by atoms with E-state index in [1.54, 1.807) is 30.3 Å². The van der Waals surface area contributed by atoms with Crippen LogP contribution in [-0.4, -0.2) is 11.0 Å². The van der Waals surface area contributed by atoms with Crippen LogP contribution < -0.4 is 5.32 Å². The van der Waals surface area contributed by atoms with Crippen LogP contribution in [0.4, 0.5) is 0 Å². The number of nitrogens with one attached hydrogen (secondary N) is 1. The molecule has 0 radical (unpaired) electrons. The molecule has 0 aliphatic carbocycles. The van der Waals surface area contributed by atoms with E-state index in [4.69, 9.17) is 11.6 Å². The molecular formula is C13H12ClNO2S. The minimum absolute atomic E-state index is 0.375. The molecule has 0 bridgehead atoms. The number of aliphatic hydroxyl groups excluding tert-OH is 1.